The first-order valence-electron chi connectivity index (χ1n) is 7.29. The van der Waals surface area contributed by atoms with Crippen molar-refractivity contribution in [2.75, 3.05) is 0 Å². The van der Waals surface area contributed by atoms with Gasteiger partial charge in [-0.25, -0.2) is 4.98 Å². The number of thiazole rings is 1. The molecule has 0 saturated carbocycles. The van der Waals surface area contributed by atoms with Gasteiger partial charge in [0.15, 0.2) is 0 Å². The van der Waals surface area contributed by atoms with Crippen LogP contribution in [0.1, 0.15) is 55.4 Å². The number of benzene rings is 1. The Balaban J connectivity index is 2.12. The van der Waals surface area contributed by atoms with Crippen LogP contribution in [0.3, 0.4) is 0 Å². The Kier molecular flexibility index (Phi) is 5.32. The van der Waals surface area contributed by atoms with E-state index in [0.717, 1.165) is 12.1 Å². The largest absolute Gasteiger partial charge is 0.306 e. The third kappa shape index (κ3) is 4.15. The maximum absolute atomic E-state index is 4.67. The lowest BCUT2D eigenvalue weighted by Crippen LogP contribution is -2.29. The molecule has 3 heteroatoms. The van der Waals surface area contributed by atoms with Gasteiger partial charge in [0, 0.05) is 17.1 Å². The van der Waals surface area contributed by atoms with Crippen LogP contribution in [-0.2, 0) is 0 Å². The smallest absolute Gasteiger partial charge is 0.110 e. The Bertz CT molecular complexity index is 519. The van der Waals surface area contributed by atoms with Crippen LogP contribution in [-0.4, -0.2) is 11.0 Å². The summed E-state index contributed by atoms with van der Waals surface area (Å²) in [6.45, 7) is 8.75. The first kappa shape index (κ1) is 15.2. The maximum atomic E-state index is 4.67. The zero-order valence-electron chi connectivity index (χ0n) is 12.8. The fraction of sp³-hybridized carbons (Fsp3) is 0.471. The van der Waals surface area contributed by atoms with Crippen LogP contribution < -0.4 is 5.32 Å². The van der Waals surface area contributed by atoms with E-state index in [1.54, 1.807) is 11.3 Å². The van der Waals surface area contributed by atoms with E-state index >= 15 is 0 Å². The van der Waals surface area contributed by atoms with Crippen molar-refractivity contribution in [3.63, 3.8) is 0 Å². The summed E-state index contributed by atoms with van der Waals surface area (Å²) < 4.78 is 0. The molecule has 0 aliphatic carbocycles. The SMILES string of the molecule is Cc1csc(C(CC(C)c2ccccc2)NC(C)C)n1. The number of aryl methyl sites for hydroxylation is 1. The molecule has 1 heterocycles. The molecule has 2 rings (SSSR count). The van der Waals surface area contributed by atoms with E-state index in [-0.39, 0.29) is 0 Å². The van der Waals surface area contributed by atoms with Gasteiger partial charge >= 0.3 is 0 Å². The Morgan fingerprint density at radius 2 is 1.85 bits per heavy atom. The van der Waals surface area contributed by atoms with Crippen LogP contribution in [0, 0.1) is 6.92 Å². The molecule has 1 N–H and O–H groups in total. The minimum absolute atomic E-state index is 0.337. The molecule has 0 aliphatic heterocycles. The quantitative estimate of drug-likeness (QED) is 0.834. The molecule has 0 amide bonds. The molecule has 0 radical (unpaired) electrons. The highest BCUT2D eigenvalue weighted by molar-refractivity contribution is 7.09. The fourth-order valence-corrected chi connectivity index (χ4v) is 3.32. The highest BCUT2D eigenvalue weighted by Crippen LogP contribution is 2.29. The van der Waals surface area contributed by atoms with Gasteiger partial charge in [-0.15, -0.1) is 11.3 Å². The van der Waals surface area contributed by atoms with Crippen molar-refractivity contribution in [3.8, 4) is 0 Å². The first-order chi connectivity index (χ1) is 9.56. The highest BCUT2D eigenvalue weighted by Gasteiger charge is 2.19. The summed E-state index contributed by atoms with van der Waals surface area (Å²) in [5.41, 5.74) is 2.52. The molecule has 2 atom stereocenters. The molecule has 0 fully saturated rings. The van der Waals surface area contributed by atoms with Gasteiger partial charge in [0.1, 0.15) is 5.01 Å². The minimum Gasteiger partial charge on any atom is -0.306 e. The van der Waals surface area contributed by atoms with Crippen molar-refractivity contribution in [1.29, 1.82) is 0 Å². The van der Waals surface area contributed by atoms with E-state index in [9.17, 15) is 0 Å². The first-order valence-corrected chi connectivity index (χ1v) is 8.17. The Labute approximate surface area is 126 Å². The van der Waals surface area contributed by atoms with Crippen molar-refractivity contribution in [3.05, 3.63) is 52.0 Å². The van der Waals surface area contributed by atoms with Crippen molar-refractivity contribution in [2.24, 2.45) is 0 Å². The Hall–Kier alpha value is -1.19. The third-order valence-electron chi connectivity index (χ3n) is 3.43. The summed E-state index contributed by atoms with van der Waals surface area (Å²) in [5.74, 6) is 0.525. The molecule has 2 nitrogen and oxygen atoms in total. The average molecular weight is 288 g/mol. The summed E-state index contributed by atoms with van der Waals surface area (Å²) in [6.07, 6.45) is 1.08. The molecule has 108 valence electrons. The molecule has 0 bridgehead atoms. The van der Waals surface area contributed by atoms with Crippen LogP contribution in [0.25, 0.3) is 0 Å². The molecular weight excluding hydrogens is 264 g/mol. The standard InChI is InChI=1S/C17H24N2S/c1-12(2)18-16(17-19-14(4)11-20-17)10-13(3)15-8-6-5-7-9-15/h5-9,11-13,16,18H,10H2,1-4H3. The second-order valence-corrected chi connectivity index (χ2v) is 6.64. The van der Waals surface area contributed by atoms with E-state index in [1.165, 1.54) is 10.6 Å². The van der Waals surface area contributed by atoms with Crippen molar-refractivity contribution < 1.29 is 0 Å². The second kappa shape index (κ2) is 7.00. The van der Waals surface area contributed by atoms with Crippen LogP contribution in [0.5, 0.6) is 0 Å². The van der Waals surface area contributed by atoms with Gasteiger partial charge in [0.05, 0.1) is 6.04 Å². The van der Waals surface area contributed by atoms with Gasteiger partial charge in [0.25, 0.3) is 0 Å². The van der Waals surface area contributed by atoms with Gasteiger partial charge < -0.3 is 5.32 Å². The van der Waals surface area contributed by atoms with Gasteiger partial charge in [-0.1, -0.05) is 51.1 Å². The molecule has 20 heavy (non-hydrogen) atoms. The molecule has 1 aromatic carbocycles. The van der Waals surface area contributed by atoms with Gasteiger partial charge in [-0.2, -0.15) is 0 Å². The summed E-state index contributed by atoms with van der Waals surface area (Å²) >= 11 is 1.76. The van der Waals surface area contributed by atoms with Crippen LogP contribution >= 0.6 is 11.3 Å². The molecule has 2 unspecified atom stereocenters. The highest BCUT2D eigenvalue weighted by atomic mass is 32.1. The van der Waals surface area contributed by atoms with E-state index < -0.39 is 0 Å². The summed E-state index contributed by atoms with van der Waals surface area (Å²) in [7, 11) is 0. The third-order valence-corrected chi connectivity index (χ3v) is 4.50. The van der Waals surface area contributed by atoms with Gasteiger partial charge in [-0.3, -0.25) is 0 Å². The van der Waals surface area contributed by atoms with E-state index in [1.807, 2.05) is 0 Å². The number of hydrogen-bond donors (Lipinski definition) is 1. The molecule has 0 saturated heterocycles. The number of nitrogens with one attached hydrogen (secondary N) is 1. The zero-order valence-corrected chi connectivity index (χ0v) is 13.6. The fourth-order valence-electron chi connectivity index (χ4n) is 2.45. The summed E-state index contributed by atoms with van der Waals surface area (Å²) in [5, 5.41) is 7.00. The van der Waals surface area contributed by atoms with Crippen molar-refractivity contribution in [1.82, 2.24) is 10.3 Å². The van der Waals surface area contributed by atoms with E-state index in [4.69, 9.17) is 0 Å². The molecule has 1 aromatic heterocycles. The Morgan fingerprint density at radius 1 is 1.15 bits per heavy atom. The second-order valence-electron chi connectivity index (χ2n) is 5.75. The lowest BCUT2D eigenvalue weighted by molar-refractivity contribution is 0.426. The Morgan fingerprint density at radius 3 is 2.40 bits per heavy atom. The minimum atomic E-state index is 0.337. The van der Waals surface area contributed by atoms with Crippen LogP contribution in [0.15, 0.2) is 35.7 Å². The molecule has 2 aromatic rings. The van der Waals surface area contributed by atoms with E-state index in [2.05, 4.69) is 73.7 Å². The number of hydrogen-bond acceptors (Lipinski definition) is 3. The summed E-state index contributed by atoms with van der Waals surface area (Å²) in [6, 6.07) is 11.5. The monoisotopic (exact) mass is 288 g/mol. The normalized spacial score (nSPS) is 14.4. The lowest BCUT2D eigenvalue weighted by Gasteiger charge is -2.23. The topological polar surface area (TPSA) is 24.9 Å². The predicted octanol–water partition coefficient (Wildman–Crippen LogP) is 4.68. The summed E-state index contributed by atoms with van der Waals surface area (Å²) in [4.78, 5) is 4.67. The predicted molar refractivity (Wildman–Crippen MR) is 87.3 cm³/mol. The molecule has 0 aliphatic rings. The zero-order chi connectivity index (χ0) is 14.5. The number of nitrogens with zero attached hydrogens (tertiary/aromatic N) is 1. The van der Waals surface area contributed by atoms with Crippen molar-refractivity contribution in [2.45, 2.75) is 52.1 Å². The van der Waals surface area contributed by atoms with Gasteiger partial charge in [0.2, 0.25) is 0 Å². The maximum Gasteiger partial charge on any atom is 0.110 e. The van der Waals surface area contributed by atoms with Crippen molar-refractivity contribution >= 4 is 11.3 Å². The van der Waals surface area contributed by atoms with E-state index in [0.29, 0.717) is 18.0 Å². The van der Waals surface area contributed by atoms with Crippen LogP contribution in [0.4, 0.5) is 0 Å². The number of aromatic nitrogens is 1. The van der Waals surface area contributed by atoms with Gasteiger partial charge in [-0.05, 0) is 24.8 Å². The van der Waals surface area contributed by atoms with Crippen LogP contribution in [0.2, 0.25) is 0 Å². The lowest BCUT2D eigenvalue weighted by atomic mass is 9.94. The molecular formula is C17H24N2S. The average Bonchev–Trinajstić information content (AvgIpc) is 2.85. The number of rotatable bonds is 6. The molecule has 0 spiro atoms.